The Hall–Kier alpha value is -1.69. The molecule has 1 atom stereocenters. The van der Waals surface area contributed by atoms with E-state index in [0.29, 0.717) is 17.3 Å². The number of nitrogens with one attached hydrogen (secondary N) is 1. The summed E-state index contributed by atoms with van der Waals surface area (Å²) < 4.78 is 1.32. The van der Waals surface area contributed by atoms with Crippen molar-refractivity contribution in [3.8, 4) is 0 Å². The molecule has 86 valence electrons. The Labute approximate surface area is 92.5 Å². The number of aryl methyl sites for hydroxylation is 1. The van der Waals surface area contributed by atoms with Crippen molar-refractivity contribution in [2.45, 2.75) is 32.7 Å². The fraction of sp³-hybridized carbons (Fsp3) is 0.500. The molecule has 0 fully saturated rings. The summed E-state index contributed by atoms with van der Waals surface area (Å²) in [5, 5.41) is 2.88. The van der Waals surface area contributed by atoms with Crippen molar-refractivity contribution in [1.82, 2.24) is 19.6 Å². The Morgan fingerprint density at radius 2 is 2.31 bits per heavy atom. The quantitative estimate of drug-likeness (QED) is 0.791. The van der Waals surface area contributed by atoms with E-state index < -0.39 is 0 Å². The second-order valence-electron chi connectivity index (χ2n) is 3.88. The zero-order chi connectivity index (χ0) is 11.7. The maximum Gasteiger partial charge on any atom is 0.274 e. The minimum atomic E-state index is -0.175. The normalized spacial score (nSPS) is 13.2. The molecule has 6 nitrogen and oxygen atoms in total. The molecule has 2 heterocycles. The second-order valence-corrected chi connectivity index (χ2v) is 3.88. The maximum absolute atomic E-state index is 11.6. The summed E-state index contributed by atoms with van der Waals surface area (Å²) in [6.07, 6.45) is 1.80. The first kappa shape index (κ1) is 10.8. The van der Waals surface area contributed by atoms with Gasteiger partial charge in [-0.2, -0.15) is 9.50 Å². The Morgan fingerprint density at radius 3 is 3.00 bits per heavy atom. The lowest BCUT2D eigenvalue weighted by atomic mass is 10.2. The van der Waals surface area contributed by atoms with E-state index in [9.17, 15) is 4.79 Å². The third kappa shape index (κ3) is 1.83. The summed E-state index contributed by atoms with van der Waals surface area (Å²) in [5.74, 6) is 0.989. The first-order chi connectivity index (χ1) is 7.61. The molecular weight excluding hydrogens is 206 g/mol. The van der Waals surface area contributed by atoms with Crippen LogP contribution in [0.25, 0.3) is 5.78 Å². The maximum atomic E-state index is 11.6. The molecule has 1 unspecified atom stereocenters. The van der Waals surface area contributed by atoms with E-state index in [2.05, 4.69) is 22.0 Å². The largest absolute Gasteiger partial charge is 0.321 e. The third-order valence-corrected chi connectivity index (χ3v) is 2.43. The molecule has 6 heteroatoms. The Morgan fingerprint density at radius 1 is 1.56 bits per heavy atom. The smallest absolute Gasteiger partial charge is 0.274 e. The van der Waals surface area contributed by atoms with Crippen molar-refractivity contribution in [3.63, 3.8) is 0 Å². The molecule has 16 heavy (non-hydrogen) atoms. The molecule has 3 N–H and O–H groups in total. The molecule has 0 bridgehead atoms. The van der Waals surface area contributed by atoms with Gasteiger partial charge >= 0.3 is 0 Å². The Kier molecular flexibility index (Phi) is 2.74. The lowest BCUT2D eigenvalue weighted by Gasteiger charge is -2.04. The Bertz CT molecular complexity index is 556. The van der Waals surface area contributed by atoms with Crippen molar-refractivity contribution >= 4 is 5.78 Å². The van der Waals surface area contributed by atoms with E-state index >= 15 is 0 Å². The Balaban J connectivity index is 2.51. The number of hydrogen-bond acceptors (Lipinski definition) is 4. The van der Waals surface area contributed by atoms with E-state index in [0.717, 1.165) is 12.8 Å². The average Bonchev–Trinajstić information content (AvgIpc) is 2.62. The van der Waals surface area contributed by atoms with Gasteiger partial charge in [-0.1, -0.05) is 13.3 Å². The molecule has 0 spiro atoms. The first-order valence-electron chi connectivity index (χ1n) is 5.33. The number of hydrogen-bond donors (Lipinski definition) is 2. The minimum Gasteiger partial charge on any atom is -0.321 e. The highest BCUT2D eigenvalue weighted by atomic mass is 16.1. The van der Waals surface area contributed by atoms with Gasteiger partial charge in [0.2, 0.25) is 0 Å². The van der Waals surface area contributed by atoms with Crippen LogP contribution in [0.3, 0.4) is 0 Å². The van der Waals surface area contributed by atoms with E-state index in [1.54, 1.807) is 6.92 Å². The molecule has 0 saturated carbocycles. The molecule has 0 aliphatic heterocycles. The lowest BCUT2D eigenvalue weighted by Crippen LogP contribution is -2.16. The fourth-order valence-corrected chi connectivity index (χ4v) is 1.62. The van der Waals surface area contributed by atoms with Crippen molar-refractivity contribution in [3.05, 3.63) is 27.9 Å². The molecule has 0 amide bonds. The summed E-state index contributed by atoms with van der Waals surface area (Å²) in [6, 6.07) is 1.28. The first-order valence-corrected chi connectivity index (χ1v) is 5.33. The van der Waals surface area contributed by atoms with Gasteiger partial charge in [0, 0.05) is 11.8 Å². The van der Waals surface area contributed by atoms with Crippen LogP contribution in [0.5, 0.6) is 0 Å². The molecule has 0 aromatic carbocycles. The molecule has 2 rings (SSSR count). The standard InChI is InChI=1S/C10H15N5O/c1-3-4-7(11)9-13-10-12-6(2)5-8(16)15(10)14-9/h5,7H,3-4,11H2,1-2H3,(H,12,13,14). The van der Waals surface area contributed by atoms with Crippen LogP contribution in [-0.2, 0) is 0 Å². The van der Waals surface area contributed by atoms with Crippen molar-refractivity contribution in [2.75, 3.05) is 0 Å². The number of nitrogens with zero attached hydrogens (tertiary/aromatic N) is 3. The lowest BCUT2D eigenvalue weighted by molar-refractivity contribution is 0.600. The topological polar surface area (TPSA) is 89.1 Å². The van der Waals surface area contributed by atoms with Crippen LogP contribution in [0.15, 0.2) is 10.9 Å². The van der Waals surface area contributed by atoms with Crippen molar-refractivity contribution in [1.29, 1.82) is 0 Å². The van der Waals surface area contributed by atoms with Gasteiger partial charge in [-0.3, -0.25) is 9.89 Å². The van der Waals surface area contributed by atoms with Crippen LogP contribution in [0.1, 0.15) is 37.3 Å². The zero-order valence-corrected chi connectivity index (χ0v) is 9.40. The molecule has 2 aromatic rings. The highest BCUT2D eigenvalue weighted by Gasteiger charge is 2.12. The monoisotopic (exact) mass is 221 g/mol. The van der Waals surface area contributed by atoms with Crippen LogP contribution in [0.4, 0.5) is 0 Å². The van der Waals surface area contributed by atoms with Crippen molar-refractivity contribution < 1.29 is 0 Å². The SMILES string of the molecule is CCCC(N)c1nc2nc(C)cc(=O)n2[nH]1. The second kappa shape index (κ2) is 4.05. The van der Waals surface area contributed by atoms with Gasteiger partial charge in [0.1, 0.15) is 5.82 Å². The van der Waals surface area contributed by atoms with Crippen LogP contribution >= 0.6 is 0 Å². The summed E-state index contributed by atoms with van der Waals surface area (Å²) in [7, 11) is 0. The highest BCUT2D eigenvalue weighted by Crippen LogP contribution is 2.11. The van der Waals surface area contributed by atoms with Gasteiger partial charge in [-0.05, 0) is 13.3 Å². The van der Waals surface area contributed by atoms with Crippen LogP contribution in [-0.4, -0.2) is 19.6 Å². The van der Waals surface area contributed by atoms with E-state index in [-0.39, 0.29) is 11.6 Å². The molecule has 2 aromatic heterocycles. The van der Waals surface area contributed by atoms with Gasteiger partial charge in [0.15, 0.2) is 0 Å². The number of fused-ring (bicyclic) bond motifs is 1. The van der Waals surface area contributed by atoms with Gasteiger partial charge in [0.25, 0.3) is 11.3 Å². The summed E-state index contributed by atoms with van der Waals surface area (Å²) >= 11 is 0. The van der Waals surface area contributed by atoms with Gasteiger partial charge < -0.3 is 5.73 Å². The van der Waals surface area contributed by atoms with Gasteiger partial charge in [0.05, 0.1) is 6.04 Å². The summed E-state index contributed by atoms with van der Waals surface area (Å²) in [5.41, 5.74) is 6.42. The van der Waals surface area contributed by atoms with E-state index in [4.69, 9.17) is 5.73 Å². The van der Waals surface area contributed by atoms with Gasteiger partial charge in [-0.25, -0.2) is 4.98 Å². The number of H-pyrrole nitrogens is 1. The molecule has 0 aliphatic carbocycles. The molecule has 0 radical (unpaired) electrons. The van der Waals surface area contributed by atoms with Crippen LogP contribution in [0.2, 0.25) is 0 Å². The summed E-state index contributed by atoms with van der Waals surface area (Å²) in [6.45, 7) is 3.82. The van der Waals surface area contributed by atoms with E-state index in [1.165, 1.54) is 10.6 Å². The zero-order valence-electron chi connectivity index (χ0n) is 9.40. The minimum absolute atomic E-state index is 0.162. The molecule has 0 saturated heterocycles. The highest BCUT2D eigenvalue weighted by molar-refractivity contribution is 5.28. The average molecular weight is 221 g/mol. The number of aromatic nitrogens is 4. The molecule has 0 aliphatic rings. The van der Waals surface area contributed by atoms with Crippen LogP contribution in [0, 0.1) is 6.92 Å². The van der Waals surface area contributed by atoms with E-state index in [1.807, 2.05) is 0 Å². The predicted molar refractivity (Wildman–Crippen MR) is 60.2 cm³/mol. The number of aromatic amines is 1. The van der Waals surface area contributed by atoms with Gasteiger partial charge in [-0.15, -0.1) is 0 Å². The third-order valence-electron chi connectivity index (χ3n) is 2.43. The molecular formula is C10H15N5O. The van der Waals surface area contributed by atoms with Crippen molar-refractivity contribution in [2.24, 2.45) is 5.73 Å². The predicted octanol–water partition coefficient (Wildman–Crippen LogP) is 0.526. The van der Waals surface area contributed by atoms with Crippen LogP contribution < -0.4 is 11.3 Å². The number of rotatable bonds is 3. The summed E-state index contributed by atoms with van der Waals surface area (Å²) in [4.78, 5) is 20.0. The number of nitrogens with two attached hydrogens (primary N) is 1. The fourth-order valence-electron chi connectivity index (χ4n) is 1.62.